The van der Waals surface area contributed by atoms with Gasteiger partial charge in [0.25, 0.3) is 0 Å². The van der Waals surface area contributed by atoms with Crippen molar-refractivity contribution in [3.05, 3.63) is 50.6 Å². The topological polar surface area (TPSA) is 49.4 Å². The number of carbonyl (C=O) groups is 2. The van der Waals surface area contributed by atoms with E-state index in [-0.39, 0.29) is 18.4 Å². The van der Waals surface area contributed by atoms with Crippen molar-refractivity contribution in [2.45, 2.75) is 19.4 Å². The highest BCUT2D eigenvalue weighted by Gasteiger charge is 2.25. The smallest absolute Gasteiger partial charge is 0.240 e. The van der Waals surface area contributed by atoms with E-state index >= 15 is 0 Å². The Hall–Kier alpha value is -1.66. The first-order chi connectivity index (χ1) is 10.6. The molecule has 1 aromatic carbocycles. The molecular weight excluding hydrogens is 364 g/mol. The van der Waals surface area contributed by atoms with Crippen molar-refractivity contribution < 1.29 is 9.59 Å². The summed E-state index contributed by atoms with van der Waals surface area (Å²) in [5.74, 6) is -0.140. The third-order valence-electron chi connectivity index (χ3n) is 3.58. The number of carbonyl (C=O) groups excluding carboxylic acids is 2. The Bertz CT molecular complexity index is 700. The van der Waals surface area contributed by atoms with Crippen LogP contribution in [0.4, 0.5) is 5.69 Å². The zero-order chi connectivity index (χ0) is 15.5. The summed E-state index contributed by atoms with van der Waals surface area (Å²) in [5, 5.41) is 4.84. The van der Waals surface area contributed by atoms with E-state index in [1.54, 1.807) is 16.2 Å². The van der Waals surface area contributed by atoms with Crippen molar-refractivity contribution in [2.75, 3.05) is 11.4 Å². The lowest BCUT2D eigenvalue weighted by Crippen LogP contribution is -2.42. The number of benzene rings is 1. The van der Waals surface area contributed by atoms with Gasteiger partial charge in [-0.25, -0.2) is 0 Å². The average molecular weight is 379 g/mol. The fourth-order valence-electron chi connectivity index (χ4n) is 2.50. The number of fused-ring (bicyclic) bond motifs is 1. The van der Waals surface area contributed by atoms with Crippen LogP contribution in [-0.2, 0) is 22.6 Å². The molecule has 6 heteroatoms. The normalized spacial score (nSPS) is 13.9. The van der Waals surface area contributed by atoms with E-state index in [1.807, 2.05) is 35.7 Å². The van der Waals surface area contributed by atoms with E-state index in [4.69, 9.17) is 0 Å². The van der Waals surface area contributed by atoms with Crippen LogP contribution in [0.1, 0.15) is 16.9 Å². The molecule has 0 spiro atoms. The van der Waals surface area contributed by atoms with Crippen LogP contribution in [0, 0.1) is 0 Å². The summed E-state index contributed by atoms with van der Waals surface area (Å²) in [6.45, 7) is 0.574. The van der Waals surface area contributed by atoms with Crippen LogP contribution < -0.4 is 10.2 Å². The molecule has 0 bridgehead atoms. The number of halogens is 1. The van der Waals surface area contributed by atoms with Crippen LogP contribution in [-0.4, -0.2) is 18.4 Å². The third kappa shape index (κ3) is 3.39. The molecule has 22 heavy (non-hydrogen) atoms. The summed E-state index contributed by atoms with van der Waals surface area (Å²) in [5.41, 5.74) is 1.94. The summed E-state index contributed by atoms with van der Waals surface area (Å²) in [4.78, 5) is 26.9. The second kappa shape index (κ2) is 6.62. The van der Waals surface area contributed by atoms with Crippen LogP contribution in [0.25, 0.3) is 0 Å². The number of thiophene rings is 1. The van der Waals surface area contributed by atoms with Gasteiger partial charge < -0.3 is 10.2 Å². The minimum Gasteiger partial charge on any atom is -0.350 e. The van der Waals surface area contributed by atoms with E-state index in [1.165, 1.54) is 0 Å². The second-order valence-electron chi connectivity index (χ2n) is 5.11. The molecule has 4 nitrogen and oxygen atoms in total. The molecule has 2 aromatic rings. The molecule has 1 aromatic heterocycles. The number of rotatable bonds is 4. The molecule has 0 unspecified atom stereocenters. The molecule has 2 amide bonds. The predicted molar refractivity (Wildman–Crippen MR) is 91.0 cm³/mol. The molecule has 0 saturated carbocycles. The minimum absolute atomic E-state index is 0.00101. The number of anilines is 1. The second-order valence-corrected chi connectivity index (χ2v) is 7.06. The van der Waals surface area contributed by atoms with E-state index in [2.05, 4.69) is 21.2 Å². The number of hydrogen-bond donors (Lipinski definition) is 1. The van der Waals surface area contributed by atoms with E-state index in [9.17, 15) is 9.59 Å². The fraction of sp³-hybridized carbons (Fsp3) is 0.250. The highest BCUT2D eigenvalue weighted by Crippen LogP contribution is 2.30. The van der Waals surface area contributed by atoms with Gasteiger partial charge in [0.1, 0.15) is 6.54 Å². The van der Waals surface area contributed by atoms with Crippen molar-refractivity contribution in [2.24, 2.45) is 0 Å². The quantitative estimate of drug-likeness (QED) is 0.888. The molecule has 0 fully saturated rings. The molecule has 0 radical (unpaired) electrons. The van der Waals surface area contributed by atoms with Crippen molar-refractivity contribution in [1.29, 1.82) is 0 Å². The van der Waals surface area contributed by atoms with Gasteiger partial charge in [0.2, 0.25) is 11.8 Å². The lowest BCUT2D eigenvalue weighted by molar-refractivity contribution is -0.124. The van der Waals surface area contributed by atoms with E-state index in [0.717, 1.165) is 27.0 Å². The molecular formula is C16H15BrN2O2S. The predicted octanol–water partition coefficient (Wildman–Crippen LogP) is 3.11. The van der Waals surface area contributed by atoms with E-state index < -0.39 is 0 Å². The maximum absolute atomic E-state index is 12.1. The van der Waals surface area contributed by atoms with Gasteiger partial charge in [0.15, 0.2) is 0 Å². The fourth-order valence-corrected chi connectivity index (χ4v) is 3.55. The SMILES string of the molecule is O=C(CN1C(=O)CCc2cc(Br)ccc21)NCc1cccs1. The van der Waals surface area contributed by atoms with Gasteiger partial charge in [0, 0.05) is 21.5 Å². The molecule has 1 aliphatic heterocycles. The Balaban J connectivity index is 1.69. The molecule has 3 rings (SSSR count). The summed E-state index contributed by atoms with van der Waals surface area (Å²) < 4.78 is 0.989. The largest absolute Gasteiger partial charge is 0.350 e. The lowest BCUT2D eigenvalue weighted by Gasteiger charge is -2.29. The van der Waals surface area contributed by atoms with Gasteiger partial charge >= 0.3 is 0 Å². The summed E-state index contributed by atoms with van der Waals surface area (Å²) in [6, 6.07) is 9.73. The standard InChI is InChI=1S/C16H15BrN2O2S/c17-12-4-5-14-11(8-12)3-6-16(21)19(14)10-15(20)18-9-13-2-1-7-22-13/h1-2,4-5,7-8H,3,6,9-10H2,(H,18,20). The first-order valence-electron chi connectivity index (χ1n) is 7.01. The van der Waals surface area contributed by atoms with Gasteiger partial charge in [-0.15, -0.1) is 11.3 Å². The van der Waals surface area contributed by atoms with E-state index in [0.29, 0.717) is 13.0 Å². The molecule has 1 N–H and O–H groups in total. The first kappa shape index (κ1) is 15.2. The van der Waals surface area contributed by atoms with Gasteiger partial charge in [-0.3, -0.25) is 9.59 Å². The summed E-state index contributed by atoms with van der Waals surface area (Å²) >= 11 is 5.04. The molecule has 114 valence electrons. The van der Waals surface area contributed by atoms with Crippen LogP contribution in [0.5, 0.6) is 0 Å². The molecule has 2 heterocycles. The van der Waals surface area contributed by atoms with Crippen LogP contribution >= 0.6 is 27.3 Å². The van der Waals surface area contributed by atoms with Crippen molar-refractivity contribution in [3.63, 3.8) is 0 Å². The highest BCUT2D eigenvalue weighted by molar-refractivity contribution is 9.10. The minimum atomic E-state index is -0.141. The van der Waals surface area contributed by atoms with Crippen molar-refractivity contribution in [3.8, 4) is 0 Å². The number of hydrogen-bond acceptors (Lipinski definition) is 3. The summed E-state index contributed by atoms with van der Waals surface area (Å²) in [7, 11) is 0. The Morgan fingerprint density at radius 3 is 2.95 bits per heavy atom. The summed E-state index contributed by atoms with van der Waals surface area (Å²) in [6.07, 6.45) is 1.17. The van der Waals surface area contributed by atoms with Crippen LogP contribution in [0.3, 0.4) is 0 Å². The zero-order valence-corrected chi connectivity index (χ0v) is 14.2. The first-order valence-corrected chi connectivity index (χ1v) is 8.68. The Morgan fingerprint density at radius 1 is 1.32 bits per heavy atom. The number of nitrogens with zero attached hydrogens (tertiary/aromatic N) is 1. The third-order valence-corrected chi connectivity index (χ3v) is 4.95. The number of aryl methyl sites for hydroxylation is 1. The lowest BCUT2D eigenvalue weighted by atomic mass is 10.0. The van der Waals surface area contributed by atoms with Crippen LogP contribution in [0.15, 0.2) is 40.2 Å². The maximum atomic E-state index is 12.1. The maximum Gasteiger partial charge on any atom is 0.240 e. The van der Waals surface area contributed by atoms with Gasteiger partial charge in [-0.2, -0.15) is 0 Å². The molecule has 0 atom stereocenters. The Labute approximate surface area is 141 Å². The highest BCUT2D eigenvalue weighted by atomic mass is 79.9. The zero-order valence-electron chi connectivity index (χ0n) is 11.8. The number of amides is 2. The van der Waals surface area contributed by atoms with Crippen LogP contribution in [0.2, 0.25) is 0 Å². The Kier molecular flexibility index (Phi) is 4.59. The number of nitrogens with one attached hydrogen (secondary N) is 1. The molecule has 1 aliphatic rings. The van der Waals surface area contributed by atoms with Crippen molar-refractivity contribution in [1.82, 2.24) is 5.32 Å². The molecule has 0 saturated heterocycles. The Morgan fingerprint density at radius 2 is 2.18 bits per heavy atom. The monoisotopic (exact) mass is 378 g/mol. The van der Waals surface area contributed by atoms with Gasteiger partial charge in [-0.05, 0) is 41.6 Å². The van der Waals surface area contributed by atoms with Gasteiger partial charge in [-0.1, -0.05) is 22.0 Å². The van der Waals surface area contributed by atoms with Crippen molar-refractivity contribution >= 4 is 44.8 Å². The molecule has 0 aliphatic carbocycles. The van der Waals surface area contributed by atoms with Gasteiger partial charge in [0.05, 0.1) is 6.54 Å². The average Bonchev–Trinajstić information content (AvgIpc) is 3.01.